The standard InChI is InChI=1S/C17H13N3O5S.Na/c18-17(22)10-1-4-12(5-2-10)19-20-16-14-7-6-13(26(23,24)25)9-11(14)3-8-15(16)21;/h1-9,21H,(H2,18,22)(H,23,24,25);/q;+1/p-1. The zero-order valence-corrected chi connectivity index (χ0v) is 17.0. The fourth-order valence-electron chi connectivity index (χ4n) is 2.34. The van der Waals surface area contributed by atoms with Gasteiger partial charge in [0.05, 0.1) is 10.6 Å². The maximum Gasteiger partial charge on any atom is 1.00 e. The molecule has 132 valence electrons. The maximum absolute atomic E-state index is 11.1. The Balaban J connectivity index is 0.00000261. The minimum absolute atomic E-state index is 0. The molecule has 0 aliphatic rings. The van der Waals surface area contributed by atoms with Crippen LogP contribution in [0, 0.1) is 0 Å². The van der Waals surface area contributed by atoms with Gasteiger partial charge < -0.3 is 15.4 Å². The van der Waals surface area contributed by atoms with Crippen molar-refractivity contribution in [1.82, 2.24) is 0 Å². The summed E-state index contributed by atoms with van der Waals surface area (Å²) in [6.45, 7) is 0. The fourth-order valence-corrected chi connectivity index (χ4v) is 2.85. The molecule has 0 saturated carbocycles. The molecule has 8 nitrogen and oxygen atoms in total. The van der Waals surface area contributed by atoms with Gasteiger partial charge in [0, 0.05) is 10.9 Å². The summed E-state index contributed by atoms with van der Waals surface area (Å²) in [7, 11) is -4.59. The molecule has 27 heavy (non-hydrogen) atoms. The maximum atomic E-state index is 11.1. The second-order valence-electron chi connectivity index (χ2n) is 5.38. The molecule has 0 saturated heterocycles. The summed E-state index contributed by atoms with van der Waals surface area (Å²) >= 11 is 0. The molecule has 0 bridgehead atoms. The van der Waals surface area contributed by atoms with Crippen LogP contribution < -0.4 is 35.3 Å². The van der Waals surface area contributed by atoms with Gasteiger partial charge in [0.1, 0.15) is 21.6 Å². The van der Waals surface area contributed by atoms with Crippen molar-refractivity contribution in [3.05, 3.63) is 60.2 Å². The van der Waals surface area contributed by atoms with Crippen molar-refractivity contribution in [3.63, 3.8) is 0 Å². The number of nitrogens with zero attached hydrogens (tertiary/aromatic N) is 2. The van der Waals surface area contributed by atoms with Crippen LogP contribution >= 0.6 is 0 Å². The zero-order valence-electron chi connectivity index (χ0n) is 14.2. The predicted molar refractivity (Wildman–Crippen MR) is 92.7 cm³/mol. The second-order valence-corrected chi connectivity index (χ2v) is 6.76. The molecule has 0 heterocycles. The van der Waals surface area contributed by atoms with Crippen molar-refractivity contribution in [3.8, 4) is 5.75 Å². The van der Waals surface area contributed by atoms with E-state index in [1.54, 1.807) is 0 Å². The number of rotatable bonds is 4. The summed E-state index contributed by atoms with van der Waals surface area (Å²) < 4.78 is 33.4. The van der Waals surface area contributed by atoms with Gasteiger partial charge >= 0.3 is 29.6 Å². The van der Waals surface area contributed by atoms with E-state index in [1.165, 1.54) is 48.5 Å². The molecule has 1 amide bonds. The number of primary amides is 1. The van der Waals surface area contributed by atoms with Gasteiger partial charge in [-0.1, -0.05) is 12.1 Å². The third kappa shape index (κ3) is 4.71. The Hall–Kier alpha value is -2.30. The minimum Gasteiger partial charge on any atom is -0.744 e. The van der Waals surface area contributed by atoms with Crippen LogP contribution in [-0.2, 0) is 10.1 Å². The number of nitrogens with two attached hydrogens (primary N) is 1. The molecule has 3 aromatic rings. The van der Waals surface area contributed by atoms with Gasteiger partial charge in [-0.05, 0) is 47.9 Å². The van der Waals surface area contributed by atoms with Crippen LogP contribution in [0.2, 0.25) is 0 Å². The van der Waals surface area contributed by atoms with Crippen molar-refractivity contribution >= 4 is 38.2 Å². The Morgan fingerprint density at radius 3 is 2.26 bits per heavy atom. The van der Waals surface area contributed by atoms with Gasteiger partial charge in [0.15, 0.2) is 0 Å². The molecule has 0 aliphatic carbocycles. The molecular formula is C17H12N3NaO5S. The molecule has 3 rings (SSSR count). The normalized spacial score (nSPS) is 11.4. The third-order valence-electron chi connectivity index (χ3n) is 3.65. The van der Waals surface area contributed by atoms with E-state index in [9.17, 15) is 22.9 Å². The Labute approximate surface area is 176 Å². The van der Waals surface area contributed by atoms with Gasteiger partial charge in [0.25, 0.3) is 0 Å². The third-order valence-corrected chi connectivity index (χ3v) is 4.48. The summed E-state index contributed by atoms with van der Waals surface area (Å²) in [5.41, 5.74) is 6.03. The van der Waals surface area contributed by atoms with E-state index in [1.807, 2.05) is 0 Å². The van der Waals surface area contributed by atoms with Crippen LogP contribution in [0.15, 0.2) is 69.7 Å². The number of fused-ring (bicyclic) bond motifs is 1. The van der Waals surface area contributed by atoms with Crippen LogP contribution in [0.4, 0.5) is 11.4 Å². The van der Waals surface area contributed by atoms with Crippen LogP contribution in [0.3, 0.4) is 0 Å². The molecule has 0 radical (unpaired) electrons. The Kier molecular flexibility index (Phi) is 6.34. The molecule has 0 unspecified atom stereocenters. The summed E-state index contributed by atoms with van der Waals surface area (Å²) in [6.07, 6.45) is 0. The van der Waals surface area contributed by atoms with E-state index >= 15 is 0 Å². The van der Waals surface area contributed by atoms with Crippen molar-refractivity contribution in [2.75, 3.05) is 0 Å². The van der Waals surface area contributed by atoms with Gasteiger partial charge in [-0.25, -0.2) is 8.42 Å². The van der Waals surface area contributed by atoms with E-state index in [0.717, 1.165) is 6.07 Å². The minimum atomic E-state index is -4.59. The average molecular weight is 393 g/mol. The molecule has 0 aromatic heterocycles. The quantitative estimate of drug-likeness (QED) is 0.363. The van der Waals surface area contributed by atoms with Crippen molar-refractivity contribution in [2.24, 2.45) is 16.0 Å². The molecular weight excluding hydrogens is 381 g/mol. The molecule has 0 aliphatic heterocycles. The summed E-state index contributed by atoms with van der Waals surface area (Å²) in [4.78, 5) is 10.7. The first-order valence-corrected chi connectivity index (χ1v) is 8.70. The first-order valence-electron chi connectivity index (χ1n) is 7.29. The van der Waals surface area contributed by atoms with Crippen LogP contribution in [0.1, 0.15) is 10.4 Å². The Morgan fingerprint density at radius 2 is 1.67 bits per heavy atom. The van der Waals surface area contributed by atoms with Crippen molar-refractivity contribution < 1.29 is 52.4 Å². The Bertz CT molecular complexity index is 1150. The first kappa shape index (κ1) is 21.0. The SMILES string of the molecule is NC(=O)c1ccc(N=Nc2c(O)ccc3cc(S(=O)(=O)[O-])ccc23)cc1.[Na+]. The van der Waals surface area contributed by atoms with E-state index in [2.05, 4.69) is 10.2 Å². The van der Waals surface area contributed by atoms with E-state index < -0.39 is 16.0 Å². The molecule has 0 atom stereocenters. The molecule has 0 spiro atoms. The van der Waals surface area contributed by atoms with Crippen molar-refractivity contribution in [2.45, 2.75) is 4.90 Å². The van der Waals surface area contributed by atoms with Crippen LogP contribution in [-0.4, -0.2) is 24.0 Å². The number of phenols is 1. The number of carbonyl (C=O) groups excluding carboxylic acids is 1. The van der Waals surface area contributed by atoms with Crippen LogP contribution in [0.25, 0.3) is 10.8 Å². The second kappa shape index (κ2) is 8.15. The molecule has 10 heteroatoms. The number of aromatic hydroxyl groups is 1. The van der Waals surface area contributed by atoms with E-state index in [-0.39, 0.29) is 45.9 Å². The van der Waals surface area contributed by atoms with E-state index in [0.29, 0.717) is 22.0 Å². The number of hydrogen-bond donors (Lipinski definition) is 2. The largest absolute Gasteiger partial charge is 1.00 e. The van der Waals surface area contributed by atoms with Gasteiger partial charge in [-0.15, -0.1) is 5.11 Å². The number of amides is 1. The van der Waals surface area contributed by atoms with Gasteiger partial charge in [0.2, 0.25) is 5.91 Å². The molecule has 3 N–H and O–H groups in total. The zero-order chi connectivity index (χ0) is 18.9. The Morgan fingerprint density at radius 1 is 1.00 bits per heavy atom. The summed E-state index contributed by atoms with van der Waals surface area (Å²) in [5, 5.41) is 18.9. The summed E-state index contributed by atoms with van der Waals surface area (Å²) in [6, 6.07) is 12.6. The van der Waals surface area contributed by atoms with E-state index in [4.69, 9.17) is 5.73 Å². The predicted octanol–water partition coefficient (Wildman–Crippen LogP) is -0.0322. The molecule has 3 aromatic carbocycles. The number of benzene rings is 3. The number of azo groups is 1. The summed E-state index contributed by atoms with van der Waals surface area (Å²) in [5.74, 6) is -0.725. The fraction of sp³-hybridized carbons (Fsp3) is 0. The smallest absolute Gasteiger partial charge is 0.744 e. The van der Waals surface area contributed by atoms with Gasteiger partial charge in [-0.3, -0.25) is 4.79 Å². The monoisotopic (exact) mass is 393 g/mol. The number of carbonyl (C=O) groups is 1. The number of hydrogen-bond acceptors (Lipinski definition) is 7. The molecule has 0 fully saturated rings. The van der Waals surface area contributed by atoms with Crippen molar-refractivity contribution in [1.29, 1.82) is 0 Å². The van der Waals surface area contributed by atoms with Crippen LogP contribution in [0.5, 0.6) is 5.75 Å². The number of phenolic OH excluding ortho intramolecular Hbond substituents is 1. The topological polar surface area (TPSA) is 145 Å². The average Bonchev–Trinajstić information content (AvgIpc) is 2.60. The first-order chi connectivity index (χ1) is 12.3. The van der Waals surface area contributed by atoms with Gasteiger partial charge in [-0.2, -0.15) is 5.11 Å².